The maximum atomic E-state index is 14.1. The van der Waals surface area contributed by atoms with Crippen LogP contribution in [0.3, 0.4) is 0 Å². The van der Waals surface area contributed by atoms with Crippen LogP contribution in [0, 0.1) is 11.8 Å². The number of amides is 3. The van der Waals surface area contributed by atoms with Crippen molar-refractivity contribution in [3.05, 3.63) is 76.2 Å². The topological polar surface area (TPSA) is 153 Å². The monoisotopic (exact) mass is 701 g/mol. The van der Waals surface area contributed by atoms with E-state index in [1.807, 2.05) is 63.4 Å². The number of aromatic nitrogens is 1. The number of hydrogen-bond donors (Lipinski definition) is 3. The van der Waals surface area contributed by atoms with Crippen LogP contribution in [0.2, 0.25) is 0 Å². The van der Waals surface area contributed by atoms with E-state index in [9.17, 15) is 28.2 Å². The van der Waals surface area contributed by atoms with E-state index < -0.39 is 34.1 Å². The molecule has 0 spiro atoms. The Kier molecular flexibility index (Phi) is 13.0. The summed E-state index contributed by atoms with van der Waals surface area (Å²) in [6.45, 7) is 8.85. The Bertz CT molecular complexity index is 1600. The molecule has 262 valence electrons. The Morgan fingerprint density at radius 3 is 2.38 bits per heavy atom. The van der Waals surface area contributed by atoms with E-state index in [4.69, 9.17) is 4.74 Å². The van der Waals surface area contributed by atoms with Crippen LogP contribution in [0.25, 0.3) is 0 Å². The quantitative estimate of drug-likeness (QED) is 0.193. The maximum Gasteiger partial charge on any atom is 0.321 e. The highest BCUT2D eigenvalue weighted by Gasteiger charge is 2.40. The van der Waals surface area contributed by atoms with Crippen LogP contribution in [0.1, 0.15) is 44.0 Å². The minimum Gasteiger partial charge on any atom is -0.508 e. The van der Waals surface area contributed by atoms with Gasteiger partial charge < -0.3 is 30.1 Å². The van der Waals surface area contributed by atoms with Crippen LogP contribution in [0.4, 0.5) is 4.79 Å². The molecule has 1 aliphatic heterocycles. The molecule has 4 rings (SSSR count). The highest BCUT2D eigenvalue weighted by molar-refractivity contribution is 7.89. The number of nitrogens with zero attached hydrogens (tertiary/aromatic N) is 4. The number of hydrogen-bond acceptors (Lipinski definition) is 9. The lowest BCUT2D eigenvalue weighted by molar-refractivity contribution is -0.128. The molecule has 2 aromatic carbocycles. The molecule has 12 nitrogen and oxygen atoms in total. The molecule has 3 N–H and O–H groups in total. The summed E-state index contributed by atoms with van der Waals surface area (Å²) in [4.78, 5) is 35.4. The molecule has 3 amide bonds. The summed E-state index contributed by atoms with van der Waals surface area (Å²) >= 11 is 1.47. The molecule has 1 aromatic heterocycles. The van der Waals surface area contributed by atoms with Gasteiger partial charge in [-0.1, -0.05) is 58.0 Å². The zero-order valence-corrected chi connectivity index (χ0v) is 29.8. The Hall–Kier alpha value is -3.56. The van der Waals surface area contributed by atoms with Gasteiger partial charge in [0.1, 0.15) is 16.8 Å². The van der Waals surface area contributed by atoms with Crippen LogP contribution in [0.15, 0.2) is 64.9 Å². The number of sulfonamides is 1. The lowest BCUT2D eigenvalue weighted by atomic mass is 9.97. The van der Waals surface area contributed by atoms with Crippen molar-refractivity contribution in [2.24, 2.45) is 11.8 Å². The summed E-state index contributed by atoms with van der Waals surface area (Å²) in [5.74, 6) is -0.790. The number of ether oxygens (including phenoxy) is 1. The minimum atomic E-state index is -4.05. The van der Waals surface area contributed by atoms with E-state index in [1.54, 1.807) is 16.9 Å². The van der Waals surface area contributed by atoms with Gasteiger partial charge in [0.2, 0.25) is 15.9 Å². The Morgan fingerprint density at radius 1 is 1.06 bits per heavy atom. The summed E-state index contributed by atoms with van der Waals surface area (Å²) in [7, 11) is -2.45. The summed E-state index contributed by atoms with van der Waals surface area (Å²) in [6, 6.07) is 12.6. The predicted molar refractivity (Wildman–Crippen MR) is 184 cm³/mol. The fourth-order valence-corrected chi connectivity index (χ4v) is 8.19. The molecule has 3 atom stereocenters. The van der Waals surface area contributed by atoms with Gasteiger partial charge in [0.15, 0.2) is 0 Å². The zero-order chi connectivity index (χ0) is 35.0. The number of methoxy groups -OCH3 is 1. The largest absolute Gasteiger partial charge is 0.508 e. The van der Waals surface area contributed by atoms with Crippen LogP contribution in [0.5, 0.6) is 5.75 Å². The molecule has 1 aliphatic rings. The number of nitrogens with one attached hydrogen (secondary N) is 1. The van der Waals surface area contributed by atoms with E-state index in [0.29, 0.717) is 26.2 Å². The van der Waals surface area contributed by atoms with Gasteiger partial charge >= 0.3 is 6.03 Å². The number of rotatable bonds is 17. The minimum absolute atomic E-state index is 0.0126. The standard InChI is InChI=1S/C34H47N5O7S2/c1-23(2)18-38(48(44,45)28-13-11-27(40)12-14-28)20-30(41)29(17-25-9-7-6-8-10-25)36-33(42)32(24(3)4)39-16-15-37(34(39)43)19-26-22-47-31(35-26)21-46-5/h6-14,22-24,29-30,32,40-41H,15-21H2,1-5H3,(H,36,42)/t29-,30+,32?/m0/s1. The molecule has 0 radical (unpaired) electrons. The zero-order valence-electron chi connectivity index (χ0n) is 28.2. The number of aliphatic hydroxyl groups is 1. The van der Waals surface area contributed by atoms with E-state index in [2.05, 4.69) is 10.3 Å². The molecule has 14 heteroatoms. The number of carbonyl (C=O) groups excluding carboxylic acids is 2. The average molecular weight is 702 g/mol. The van der Waals surface area contributed by atoms with Gasteiger partial charge in [0, 0.05) is 38.7 Å². The summed E-state index contributed by atoms with van der Waals surface area (Å²) < 4.78 is 33.8. The van der Waals surface area contributed by atoms with Crippen molar-refractivity contribution in [3.63, 3.8) is 0 Å². The number of phenols is 1. The number of thiazole rings is 1. The maximum absolute atomic E-state index is 14.1. The van der Waals surface area contributed by atoms with Gasteiger partial charge in [-0.3, -0.25) is 4.79 Å². The molecule has 1 saturated heterocycles. The summed E-state index contributed by atoms with van der Waals surface area (Å²) in [5, 5.41) is 27.1. The van der Waals surface area contributed by atoms with Crippen molar-refractivity contribution in [1.29, 1.82) is 0 Å². The van der Waals surface area contributed by atoms with E-state index in [-0.39, 0.29) is 48.0 Å². The van der Waals surface area contributed by atoms with Crippen LogP contribution < -0.4 is 5.32 Å². The SMILES string of the molecule is COCc1nc(CN2CCN(C(C(=O)N[C@@H](Cc3ccccc3)[C@H](O)CN(CC(C)C)S(=O)(=O)c3ccc(O)cc3)C(C)C)C2=O)cs1. The van der Waals surface area contributed by atoms with Gasteiger partial charge in [0.05, 0.1) is 35.9 Å². The normalized spacial score (nSPS) is 15.8. The number of aromatic hydroxyl groups is 1. The molecular formula is C34H47N5O7S2. The molecule has 1 unspecified atom stereocenters. The molecule has 48 heavy (non-hydrogen) atoms. The number of carbonyl (C=O) groups is 2. The van der Waals surface area contributed by atoms with Crippen molar-refractivity contribution in [2.45, 2.75) is 70.4 Å². The first-order chi connectivity index (χ1) is 22.8. The molecule has 2 heterocycles. The van der Waals surface area contributed by atoms with Crippen molar-refractivity contribution >= 4 is 33.3 Å². The van der Waals surface area contributed by atoms with Gasteiger partial charge in [-0.15, -0.1) is 11.3 Å². The fourth-order valence-electron chi connectivity index (χ4n) is 5.82. The molecule has 3 aromatic rings. The Morgan fingerprint density at radius 2 is 1.75 bits per heavy atom. The van der Waals surface area contributed by atoms with E-state index >= 15 is 0 Å². The van der Waals surface area contributed by atoms with E-state index in [1.165, 1.54) is 39.9 Å². The molecule has 0 saturated carbocycles. The molecule has 0 bridgehead atoms. The average Bonchev–Trinajstić information content (AvgIpc) is 3.63. The highest BCUT2D eigenvalue weighted by Crippen LogP contribution is 2.24. The second kappa shape index (κ2) is 16.7. The fraction of sp³-hybridized carbons (Fsp3) is 0.500. The van der Waals surface area contributed by atoms with Crippen LogP contribution in [-0.4, -0.2) is 101 Å². The van der Waals surface area contributed by atoms with Gasteiger partial charge in [-0.25, -0.2) is 18.2 Å². The first-order valence-corrected chi connectivity index (χ1v) is 18.4. The Balaban J connectivity index is 1.55. The number of benzene rings is 2. The van der Waals surface area contributed by atoms with Gasteiger partial charge in [0.25, 0.3) is 0 Å². The summed E-state index contributed by atoms with van der Waals surface area (Å²) in [6.07, 6.45) is -1.05. The second-order valence-electron chi connectivity index (χ2n) is 12.8. The van der Waals surface area contributed by atoms with Crippen LogP contribution in [-0.2, 0) is 39.1 Å². The Labute approximate surface area is 287 Å². The molecule has 0 aliphatic carbocycles. The van der Waals surface area contributed by atoms with Crippen molar-refractivity contribution in [2.75, 3.05) is 33.3 Å². The number of urea groups is 1. The highest BCUT2D eigenvalue weighted by atomic mass is 32.2. The molecule has 1 fully saturated rings. The third-order valence-electron chi connectivity index (χ3n) is 8.11. The number of aliphatic hydroxyl groups excluding tert-OH is 1. The van der Waals surface area contributed by atoms with Crippen molar-refractivity contribution in [3.8, 4) is 5.75 Å². The summed E-state index contributed by atoms with van der Waals surface area (Å²) in [5.41, 5.74) is 1.60. The first kappa shape index (κ1) is 37.3. The first-order valence-electron chi connectivity index (χ1n) is 16.1. The predicted octanol–water partition coefficient (Wildman–Crippen LogP) is 3.69. The van der Waals surface area contributed by atoms with Crippen LogP contribution >= 0.6 is 11.3 Å². The second-order valence-corrected chi connectivity index (χ2v) is 15.7. The lowest BCUT2D eigenvalue weighted by Crippen LogP contribution is -2.57. The van der Waals surface area contributed by atoms with Crippen molar-refractivity contribution < 1.29 is 33.0 Å². The lowest BCUT2D eigenvalue weighted by Gasteiger charge is -2.34. The van der Waals surface area contributed by atoms with Gasteiger partial charge in [-0.05, 0) is 48.1 Å². The van der Waals surface area contributed by atoms with Crippen molar-refractivity contribution in [1.82, 2.24) is 24.4 Å². The smallest absolute Gasteiger partial charge is 0.321 e. The molecular weight excluding hydrogens is 655 g/mol. The van der Waals surface area contributed by atoms with Gasteiger partial charge in [-0.2, -0.15) is 4.31 Å². The third kappa shape index (κ3) is 9.53. The van der Waals surface area contributed by atoms with E-state index in [0.717, 1.165) is 16.3 Å². The number of phenolic OH excluding ortho intramolecular Hbond substituents is 1. The third-order valence-corrected chi connectivity index (χ3v) is 10.8.